The van der Waals surface area contributed by atoms with Crippen molar-refractivity contribution >= 4 is 17.7 Å². The molecule has 4 nitrogen and oxygen atoms in total. The molecule has 1 aromatic rings. The van der Waals surface area contributed by atoms with Gasteiger partial charge in [-0.2, -0.15) is 0 Å². The number of benzene rings is 1. The Morgan fingerprint density at radius 1 is 1.56 bits per heavy atom. The third-order valence-electron chi connectivity index (χ3n) is 2.50. The predicted molar refractivity (Wildman–Crippen MR) is 62.8 cm³/mol. The zero-order valence-electron chi connectivity index (χ0n) is 8.84. The van der Waals surface area contributed by atoms with E-state index in [0.717, 1.165) is 11.3 Å². The third-order valence-corrected chi connectivity index (χ3v) is 3.75. The number of aliphatic carboxylic acids is 1. The topological polar surface area (TPSA) is 58.6 Å². The van der Waals surface area contributed by atoms with Crippen molar-refractivity contribution in [2.45, 2.75) is 11.4 Å². The Kier molecular flexibility index (Phi) is 3.36. The standard InChI is InChI=1S/C11H13NO3S/c1-15-9-5-3-2-4-7(9)10-12-8(6-16-10)11(13)14/h2-5,8,10,12H,6H2,1H3,(H,13,14)/t8-,10-/m1/s1. The van der Waals surface area contributed by atoms with Gasteiger partial charge in [-0.1, -0.05) is 18.2 Å². The van der Waals surface area contributed by atoms with Gasteiger partial charge in [0.15, 0.2) is 0 Å². The molecule has 0 bridgehead atoms. The first kappa shape index (κ1) is 11.3. The number of thioether (sulfide) groups is 1. The number of methoxy groups -OCH3 is 1. The summed E-state index contributed by atoms with van der Waals surface area (Å²) in [4.78, 5) is 10.8. The molecule has 0 radical (unpaired) electrons. The summed E-state index contributed by atoms with van der Waals surface area (Å²) in [5.41, 5.74) is 0.999. The van der Waals surface area contributed by atoms with E-state index in [-0.39, 0.29) is 5.37 Å². The molecule has 2 N–H and O–H groups in total. The van der Waals surface area contributed by atoms with Crippen molar-refractivity contribution in [1.29, 1.82) is 0 Å². The number of carboxylic acid groups (broad SMARTS) is 1. The van der Waals surface area contributed by atoms with E-state index >= 15 is 0 Å². The molecular weight excluding hydrogens is 226 g/mol. The summed E-state index contributed by atoms with van der Waals surface area (Å²) >= 11 is 1.59. The van der Waals surface area contributed by atoms with Gasteiger partial charge in [0.05, 0.1) is 12.5 Å². The number of carboxylic acids is 1. The summed E-state index contributed by atoms with van der Waals surface area (Å²) in [6, 6.07) is 7.18. The minimum atomic E-state index is -0.801. The SMILES string of the molecule is COc1ccccc1[C@@H]1N[C@@H](C(=O)O)CS1. The van der Waals surface area contributed by atoms with E-state index in [4.69, 9.17) is 9.84 Å². The Labute approximate surface area is 98.0 Å². The highest BCUT2D eigenvalue weighted by Crippen LogP contribution is 2.37. The summed E-state index contributed by atoms with van der Waals surface area (Å²) in [6.07, 6.45) is 0. The average Bonchev–Trinajstić information content (AvgIpc) is 2.78. The second-order valence-electron chi connectivity index (χ2n) is 3.51. The Hall–Kier alpha value is -1.20. The van der Waals surface area contributed by atoms with Crippen LogP contribution in [0.15, 0.2) is 24.3 Å². The van der Waals surface area contributed by atoms with Crippen molar-refractivity contribution in [3.63, 3.8) is 0 Å². The molecule has 1 heterocycles. The normalized spacial score (nSPS) is 24.3. The number of rotatable bonds is 3. The van der Waals surface area contributed by atoms with Gasteiger partial charge in [-0.05, 0) is 6.07 Å². The summed E-state index contributed by atoms with van der Waals surface area (Å²) in [5.74, 6) is 0.571. The van der Waals surface area contributed by atoms with Crippen molar-refractivity contribution in [2.24, 2.45) is 0 Å². The molecule has 1 aromatic carbocycles. The van der Waals surface area contributed by atoms with Crippen molar-refractivity contribution in [2.75, 3.05) is 12.9 Å². The van der Waals surface area contributed by atoms with Crippen LogP contribution in [0.2, 0.25) is 0 Å². The van der Waals surface area contributed by atoms with Crippen LogP contribution in [0.1, 0.15) is 10.9 Å². The highest BCUT2D eigenvalue weighted by Gasteiger charge is 2.31. The van der Waals surface area contributed by atoms with Crippen LogP contribution in [0, 0.1) is 0 Å². The van der Waals surface area contributed by atoms with Gasteiger partial charge in [0, 0.05) is 11.3 Å². The van der Waals surface area contributed by atoms with Gasteiger partial charge in [-0.25, -0.2) is 0 Å². The van der Waals surface area contributed by atoms with Crippen molar-refractivity contribution in [1.82, 2.24) is 5.32 Å². The fraction of sp³-hybridized carbons (Fsp3) is 0.364. The second-order valence-corrected chi connectivity index (χ2v) is 4.65. The molecule has 16 heavy (non-hydrogen) atoms. The van der Waals surface area contributed by atoms with Gasteiger partial charge >= 0.3 is 5.97 Å². The van der Waals surface area contributed by atoms with Crippen LogP contribution in [0.25, 0.3) is 0 Å². The van der Waals surface area contributed by atoms with Crippen LogP contribution in [0.5, 0.6) is 5.75 Å². The van der Waals surface area contributed by atoms with Gasteiger partial charge in [0.25, 0.3) is 0 Å². The maximum Gasteiger partial charge on any atom is 0.321 e. The minimum absolute atomic E-state index is 0.00255. The lowest BCUT2D eigenvalue weighted by molar-refractivity contribution is -0.138. The van der Waals surface area contributed by atoms with Gasteiger partial charge in [0.2, 0.25) is 0 Å². The second kappa shape index (κ2) is 4.76. The van der Waals surface area contributed by atoms with Crippen LogP contribution in [-0.2, 0) is 4.79 Å². The number of nitrogens with one attached hydrogen (secondary N) is 1. The zero-order valence-corrected chi connectivity index (χ0v) is 9.66. The summed E-state index contributed by atoms with van der Waals surface area (Å²) in [6.45, 7) is 0. The number of hydrogen-bond acceptors (Lipinski definition) is 4. The first-order valence-electron chi connectivity index (χ1n) is 4.95. The Morgan fingerprint density at radius 2 is 2.31 bits per heavy atom. The molecule has 0 aliphatic carbocycles. The van der Waals surface area contributed by atoms with Gasteiger partial charge in [0.1, 0.15) is 11.8 Å². The third kappa shape index (κ3) is 2.15. The molecule has 0 aromatic heterocycles. The van der Waals surface area contributed by atoms with Gasteiger partial charge in [-0.3, -0.25) is 10.1 Å². The molecule has 0 amide bonds. The molecule has 1 saturated heterocycles. The first-order valence-corrected chi connectivity index (χ1v) is 6.00. The molecular formula is C11H13NO3S. The van der Waals surface area contributed by atoms with Crippen molar-refractivity contribution in [3.8, 4) is 5.75 Å². The van der Waals surface area contributed by atoms with Crippen molar-refractivity contribution in [3.05, 3.63) is 29.8 Å². The van der Waals surface area contributed by atoms with E-state index in [0.29, 0.717) is 5.75 Å². The minimum Gasteiger partial charge on any atom is -0.496 e. The summed E-state index contributed by atoms with van der Waals surface area (Å²) in [7, 11) is 1.62. The van der Waals surface area contributed by atoms with Crippen LogP contribution < -0.4 is 10.1 Å². The van der Waals surface area contributed by atoms with Crippen molar-refractivity contribution < 1.29 is 14.6 Å². The maximum absolute atomic E-state index is 10.8. The quantitative estimate of drug-likeness (QED) is 0.836. The fourth-order valence-electron chi connectivity index (χ4n) is 1.68. The van der Waals surface area contributed by atoms with Gasteiger partial charge in [-0.15, -0.1) is 11.8 Å². The van der Waals surface area contributed by atoms with E-state index in [1.54, 1.807) is 18.9 Å². The van der Waals surface area contributed by atoms with Gasteiger partial charge < -0.3 is 9.84 Å². The molecule has 1 fully saturated rings. The molecule has 0 saturated carbocycles. The van der Waals surface area contributed by atoms with E-state index in [9.17, 15) is 4.79 Å². The largest absolute Gasteiger partial charge is 0.496 e. The molecule has 0 spiro atoms. The van der Waals surface area contributed by atoms with Crippen LogP contribution in [-0.4, -0.2) is 30.0 Å². The lowest BCUT2D eigenvalue weighted by Gasteiger charge is -2.14. The predicted octanol–water partition coefficient (Wildman–Crippen LogP) is 1.48. The summed E-state index contributed by atoms with van der Waals surface area (Å²) < 4.78 is 5.25. The van der Waals surface area contributed by atoms with Crippen LogP contribution in [0.4, 0.5) is 0 Å². The molecule has 1 aliphatic heterocycles. The molecule has 86 valence electrons. The number of para-hydroxylation sites is 1. The lowest BCUT2D eigenvalue weighted by atomic mass is 10.2. The smallest absolute Gasteiger partial charge is 0.321 e. The van der Waals surface area contributed by atoms with E-state index in [1.165, 1.54) is 0 Å². The lowest BCUT2D eigenvalue weighted by Crippen LogP contribution is -2.33. The Morgan fingerprint density at radius 3 is 2.94 bits per heavy atom. The number of hydrogen-bond donors (Lipinski definition) is 2. The zero-order chi connectivity index (χ0) is 11.5. The monoisotopic (exact) mass is 239 g/mol. The molecule has 1 aliphatic rings. The Balaban J connectivity index is 2.17. The highest BCUT2D eigenvalue weighted by atomic mass is 32.2. The summed E-state index contributed by atoms with van der Waals surface area (Å²) in [5, 5.41) is 12.0. The highest BCUT2D eigenvalue weighted by molar-refractivity contribution is 7.99. The van der Waals surface area contributed by atoms with Crippen LogP contribution >= 0.6 is 11.8 Å². The molecule has 2 atom stereocenters. The Bertz CT molecular complexity index is 397. The fourth-order valence-corrected chi connectivity index (χ4v) is 2.94. The molecule has 0 unspecified atom stereocenters. The maximum atomic E-state index is 10.8. The number of ether oxygens (including phenoxy) is 1. The number of carbonyl (C=O) groups is 1. The van der Waals surface area contributed by atoms with Crippen LogP contribution in [0.3, 0.4) is 0 Å². The van der Waals surface area contributed by atoms with E-state index in [1.807, 2.05) is 24.3 Å². The van der Waals surface area contributed by atoms with E-state index < -0.39 is 12.0 Å². The average molecular weight is 239 g/mol. The van der Waals surface area contributed by atoms with E-state index in [2.05, 4.69) is 5.32 Å². The first-order chi connectivity index (χ1) is 7.72. The molecule has 2 rings (SSSR count). The molecule has 5 heteroatoms.